The van der Waals surface area contributed by atoms with E-state index in [2.05, 4.69) is 17.0 Å². The van der Waals surface area contributed by atoms with Crippen molar-refractivity contribution in [2.45, 2.75) is 64.3 Å². The lowest BCUT2D eigenvalue weighted by Crippen LogP contribution is -2.35. The van der Waals surface area contributed by atoms with Crippen LogP contribution in [0.5, 0.6) is 0 Å². The number of unbranched alkanes of at least 4 members (excludes halogenated alkanes) is 1. The first kappa shape index (κ1) is 15.3. The molecule has 2 saturated carbocycles. The Kier molecular flexibility index (Phi) is 5.26. The lowest BCUT2D eigenvalue weighted by atomic mass is 9.89. The Hall–Kier alpha value is -0.130. The minimum Gasteiger partial charge on any atom is -0.314 e. The maximum absolute atomic E-state index is 11.9. The molecule has 0 heterocycles. The Balaban J connectivity index is 1.57. The van der Waals surface area contributed by atoms with E-state index in [4.69, 9.17) is 0 Å². The van der Waals surface area contributed by atoms with E-state index >= 15 is 0 Å². The van der Waals surface area contributed by atoms with Crippen molar-refractivity contribution in [3.05, 3.63) is 0 Å². The molecule has 0 unspecified atom stereocenters. The summed E-state index contributed by atoms with van der Waals surface area (Å²) in [5.41, 5.74) is 0.195. The topological polar surface area (TPSA) is 58.2 Å². The van der Waals surface area contributed by atoms with Gasteiger partial charge in [0, 0.05) is 12.6 Å². The Labute approximate surface area is 117 Å². The van der Waals surface area contributed by atoms with Gasteiger partial charge in [0.05, 0.1) is 5.75 Å². The first-order valence-corrected chi connectivity index (χ1v) is 9.35. The summed E-state index contributed by atoms with van der Waals surface area (Å²) in [6.45, 7) is 3.77. The van der Waals surface area contributed by atoms with Gasteiger partial charge in [-0.2, -0.15) is 0 Å². The molecule has 0 aromatic heterocycles. The summed E-state index contributed by atoms with van der Waals surface area (Å²) in [5, 5.41) is 3.41. The normalized spacial score (nSPS) is 22.8. The van der Waals surface area contributed by atoms with Crippen molar-refractivity contribution < 1.29 is 8.42 Å². The average molecular weight is 288 g/mol. The fraction of sp³-hybridized carbons (Fsp3) is 1.00. The third-order valence-electron chi connectivity index (χ3n) is 4.38. The minimum absolute atomic E-state index is 0.195. The maximum atomic E-state index is 11.9. The van der Waals surface area contributed by atoms with E-state index < -0.39 is 10.0 Å². The summed E-state index contributed by atoms with van der Waals surface area (Å²) in [6.07, 6.45) is 9.08. The van der Waals surface area contributed by atoms with Gasteiger partial charge < -0.3 is 5.32 Å². The molecule has 5 heteroatoms. The molecule has 0 aromatic rings. The van der Waals surface area contributed by atoms with Gasteiger partial charge in [-0.3, -0.25) is 0 Å². The highest BCUT2D eigenvalue weighted by atomic mass is 32.2. The van der Waals surface area contributed by atoms with Gasteiger partial charge in [-0.05, 0) is 50.5 Å². The van der Waals surface area contributed by atoms with Crippen molar-refractivity contribution in [2.24, 2.45) is 5.41 Å². The maximum Gasteiger partial charge on any atom is 0.211 e. The molecule has 112 valence electrons. The molecule has 0 saturated heterocycles. The predicted octanol–water partition coefficient (Wildman–Crippen LogP) is 2.02. The van der Waals surface area contributed by atoms with Gasteiger partial charge in [-0.15, -0.1) is 0 Å². The van der Waals surface area contributed by atoms with Crippen LogP contribution in [0, 0.1) is 5.41 Å². The zero-order valence-electron chi connectivity index (χ0n) is 12.1. The van der Waals surface area contributed by atoms with Crippen LogP contribution in [0.1, 0.15) is 58.3 Å². The molecule has 0 atom stereocenters. The zero-order valence-corrected chi connectivity index (χ0v) is 12.9. The summed E-state index contributed by atoms with van der Waals surface area (Å²) in [6, 6.07) is 0.719. The van der Waals surface area contributed by atoms with E-state index in [1.807, 2.05) is 0 Å². The largest absolute Gasteiger partial charge is 0.314 e. The summed E-state index contributed by atoms with van der Waals surface area (Å²) in [4.78, 5) is 0. The Morgan fingerprint density at radius 1 is 1.16 bits per heavy atom. The molecule has 0 bridgehead atoms. The molecule has 0 radical (unpaired) electrons. The molecule has 2 aliphatic carbocycles. The van der Waals surface area contributed by atoms with Crippen LogP contribution in [0.25, 0.3) is 0 Å². The first-order chi connectivity index (χ1) is 8.99. The van der Waals surface area contributed by atoms with Gasteiger partial charge in [0.15, 0.2) is 0 Å². The number of rotatable bonds is 9. The van der Waals surface area contributed by atoms with Gasteiger partial charge in [0.25, 0.3) is 0 Å². The second-order valence-electron chi connectivity index (χ2n) is 6.59. The van der Waals surface area contributed by atoms with Gasteiger partial charge in [-0.1, -0.05) is 19.8 Å². The molecular weight excluding hydrogens is 260 g/mol. The average Bonchev–Trinajstić information content (AvgIpc) is 3.08. The summed E-state index contributed by atoms with van der Waals surface area (Å²) >= 11 is 0. The molecule has 0 aliphatic heterocycles. The van der Waals surface area contributed by atoms with Crippen molar-refractivity contribution in [2.75, 3.05) is 18.8 Å². The Bertz CT molecular complexity index is 371. The summed E-state index contributed by atoms with van der Waals surface area (Å²) < 4.78 is 26.6. The standard InChI is InChI=1S/C14H28N2O2S/c1-14(8-2-3-9-14)12-16-19(17,18)11-5-4-10-15-13-6-7-13/h13,15-16H,2-12H2,1H3. The fourth-order valence-electron chi connectivity index (χ4n) is 2.77. The third kappa shape index (κ3) is 5.79. The molecule has 2 N–H and O–H groups in total. The Morgan fingerprint density at radius 2 is 1.84 bits per heavy atom. The SMILES string of the molecule is CC1(CNS(=O)(=O)CCCCNC2CC2)CCCC1. The van der Waals surface area contributed by atoms with Crippen molar-refractivity contribution >= 4 is 10.0 Å². The molecule has 0 spiro atoms. The molecule has 0 aromatic carbocycles. The monoisotopic (exact) mass is 288 g/mol. The van der Waals surface area contributed by atoms with Crippen LogP contribution in [0.15, 0.2) is 0 Å². The number of sulfonamides is 1. The van der Waals surface area contributed by atoms with E-state index in [9.17, 15) is 8.42 Å². The van der Waals surface area contributed by atoms with Crippen LogP contribution in [-0.2, 0) is 10.0 Å². The van der Waals surface area contributed by atoms with Gasteiger partial charge >= 0.3 is 0 Å². The van der Waals surface area contributed by atoms with Gasteiger partial charge in [-0.25, -0.2) is 13.1 Å². The second kappa shape index (κ2) is 6.55. The zero-order chi connectivity index (χ0) is 13.8. The van der Waals surface area contributed by atoms with Gasteiger partial charge in [0.2, 0.25) is 10.0 Å². The van der Waals surface area contributed by atoms with Crippen molar-refractivity contribution in [1.82, 2.24) is 10.0 Å². The molecular formula is C14H28N2O2S. The quantitative estimate of drug-likeness (QED) is 0.638. The van der Waals surface area contributed by atoms with Crippen LogP contribution >= 0.6 is 0 Å². The van der Waals surface area contributed by atoms with Crippen molar-refractivity contribution in [3.8, 4) is 0 Å². The fourth-order valence-corrected chi connectivity index (χ4v) is 4.07. The van der Waals surface area contributed by atoms with Crippen molar-refractivity contribution in [1.29, 1.82) is 0 Å². The van der Waals surface area contributed by atoms with Crippen molar-refractivity contribution in [3.63, 3.8) is 0 Å². The van der Waals surface area contributed by atoms with E-state index in [1.54, 1.807) is 0 Å². The molecule has 4 nitrogen and oxygen atoms in total. The van der Waals surface area contributed by atoms with E-state index in [-0.39, 0.29) is 11.2 Å². The molecule has 2 rings (SSSR count). The smallest absolute Gasteiger partial charge is 0.211 e. The lowest BCUT2D eigenvalue weighted by Gasteiger charge is -2.23. The minimum atomic E-state index is -3.07. The highest BCUT2D eigenvalue weighted by molar-refractivity contribution is 7.89. The number of hydrogen-bond acceptors (Lipinski definition) is 3. The van der Waals surface area contributed by atoms with Crippen LogP contribution in [-0.4, -0.2) is 33.3 Å². The summed E-state index contributed by atoms with van der Waals surface area (Å²) in [5.74, 6) is 0.273. The molecule has 2 fully saturated rings. The van der Waals surface area contributed by atoms with Gasteiger partial charge in [0.1, 0.15) is 0 Å². The lowest BCUT2D eigenvalue weighted by molar-refractivity contribution is 0.336. The predicted molar refractivity (Wildman–Crippen MR) is 78.6 cm³/mol. The van der Waals surface area contributed by atoms with Crippen LogP contribution in [0.3, 0.4) is 0 Å². The molecule has 19 heavy (non-hydrogen) atoms. The van der Waals surface area contributed by atoms with Crippen LogP contribution in [0.2, 0.25) is 0 Å². The van der Waals surface area contributed by atoms with E-state index in [0.717, 1.165) is 38.3 Å². The van der Waals surface area contributed by atoms with Crippen LogP contribution < -0.4 is 10.0 Å². The van der Waals surface area contributed by atoms with E-state index in [1.165, 1.54) is 25.7 Å². The highest BCUT2D eigenvalue weighted by Crippen LogP contribution is 2.36. The molecule has 0 amide bonds. The number of hydrogen-bond donors (Lipinski definition) is 2. The number of nitrogens with one attached hydrogen (secondary N) is 2. The van der Waals surface area contributed by atoms with E-state index in [0.29, 0.717) is 6.54 Å². The molecule has 2 aliphatic rings. The van der Waals surface area contributed by atoms with Crippen LogP contribution in [0.4, 0.5) is 0 Å². The summed E-state index contributed by atoms with van der Waals surface area (Å²) in [7, 11) is -3.07. The second-order valence-corrected chi connectivity index (χ2v) is 8.52. The first-order valence-electron chi connectivity index (χ1n) is 7.70. The Morgan fingerprint density at radius 3 is 2.47 bits per heavy atom. The third-order valence-corrected chi connectivity index (χ3v) is 5.79. The highest BCUT2D eigenvalue weighted by Gasteiger charge is 2.29.